The number of carbonyl (C=O) groups is 1. The van der Waals surface area contributed by atoms with Crippen molar-refractivity contribution in [3.8, 4) is 6.07 Å². The zero-order valence-corrected chi connectivity index (χ0v) is 14.4. The molecule has 6 heteroatoms. The molecule has 1 aromatic carbocycles. The highest BCUT2D eigenvalue weighted by Gasteiger charge is 2.37. The van der Waals surface area contributed by atoms with Crippen LogP contribution in [0.2, 0.25) is 0 Å². The van der Waals surface area contributed by atoms with Gasteiger partial charge in [0.2, 0.25) is 0 Å². The maximum atomic E-state index is 13.0. The van der Waals surface area contributed by atoms with E-state index in [0.717, 1.165) is 36.0 Å². The summed E-state index contributed by atoms with van der Waals surface area (Å²) < 4.78 is 0. The number of amides is 1. The van der Waals surface area contributed by atoms with Gasteiger partial charge >= 0.3 is 0 Å². The highest BCUT2D eigenvalue weighted by Crippen LogP contribution is 2.39. The third kappa shape index (κ3) is 2.52. The fraction of sp³-hybridized carbons (Fsp3) is 0.368. The Hall–Kier alpha value is -2.94. The van der Waals surface area contributed by atoms with Crippen LogP contribution in [0.4, 0.5) is 5.82 Å². The third-order valence-corrected chi connectivity index (χ3v) is 4.98. The van der Waals surface area contributed by atoms with E-state index in [4.69, 9.17) is 5.26 Å². The van der Waals surface area contributed by atoms with Crippen LogP contribution in [0.3, 0.4) is 0 Å². The SMILES string of the molecule is Cc1nc2c(c(N3CCC3)n1)C(C)N(C(=O)c1cccc(C#N)c1)C2. The zero-order chi connectivity index (χ0) is 17.6. The lowest BCUT2D eigenvalue weighted by Gasteiger charge is -2.34. The molecule has 0 bridgehead atoms. The molecule has 1 fully saturated rings. The number of nitrogens with zero attached hydrogens (tertiary/aromatic N) is 5. The van der Waals surface area contributed by atoms with Crippen molar-refractivity contribution in [3.63, 3.8) is 0 Å². The molecule has 3 heterocycles. The Balaban J connectivity index is 1.69. The molecular formula is C19H19N5O. The Morgan fingerprint density at radius 3 is 2.80 bits per heavy atom. The van der Waals surface area contributed by atoms with Crippen LogP contribution in [0.1, 0.15) is 52.4 Å². The van der Waals surface area contributed by atoms with E-state index >= 15 is 0 Å². The van der Waals surface area contributed by atoms with Gasteiger partial charge < -0.3 is 9.80 Å². The van der Waals surface area contributed by atoms with Crippen molar-refractivity contribution in [1.82, 2.24) is 14.9 Å². The van der Waals surface area contributed by atoms with Gasteiger partial charge in [0.1, 0.15) is 11.6 Å². The molecule has 1 aromatic heterocycles. The molecule has 25 heavy (non-hydrogen) atoms. The maximum Gasteiger partial charge on any atom is 0.254 e. The first-order valence-electron chi connectivity index (χ1n) is 8.52. The fourth-order valence-electron chi connectivity index (χ4n) is 3.53. The maximum absolute atomic E-state index is 13.0. The standard InChI is InChI=1S/C19H19N5O/c1-12-17-16(21-13(2)22-18(17)23-7-4-8-23)11-24(12)19(25)15-6-3-5-14(9-15)10-20/h3,5-6,9,12H,4,7-8,11H2,1-2H3. The van der Waals surface area contributed by atoms with Crippen molar-refractivity contribution < 1.29 is 4.79 Å². The molecule has 1 unspecified atom stereocenters. The second-order valence-electron chi connectivity index (χ2n) is 6.60. The molecule has 0 N–H and O–H groups in total. The molecule has 1 atom stereocenters. The van der Waals surface area contributed by atoms with Gasteiger partial charge in [-0.05, 0) is 38.5 Å². The lowest BCUT2D eigenvalue weighted by atomic mass is 10.1. The van der Waals surface area contributed by atoms with Crippen LogP contribution in [0.25, 0.3) is 0 Å². The molecule has 1 amide bonds. The highest BCUT2D eigenvalue weighted by molar-refractivity contribution is 5.95. The molecule has 0 radical (unpaired) electrons. The van der Waals surface area contributed by atoms with E-state index in [9.17, 15) is 4.79 Å². The number of hydrogen-bond donors (Lipinski definition) is 0. The number of hydrogen-bond acceptors (Lipinski definition) is 5. The minimum Gasteiger partial charge on any atom is -0.356 e. The normalized spacial score (nSPS) is 18.5. The number of aromatic nitrogens is 2. The summed E-state index contributed by atoms with van der Waals surface area (Å²) in [6, 6.07) is 8.86. The Bertz CT molecular complexity index is 897. The number of nitriles is 1. The molecule has 2 aliphatic heterocycles. The van der Waals surface area contributed by atoms with E-state index in [-0.39, 0.29) is 11.9 Å². The summed E-state index contributed by atoms with van der Waals surface area (Å²) in [7, 11) is 0. The highest BCUT2D eigenvalue weighted by atomic mass is 16.2. The zero-order valence-electron chi connectivity index (χ0n) is 14.4. The lowest BCUT2D eigenvalue weighted by molar-refractivity contribution is 0.0704. The minimum absolute atomic E-state index is 0.0742. The van der Waals surface area contributed by atoms with Gasteiger partial charge in [-0.25, -0.2) is 9.97 Å². The Morgan fingerprint density at radius 1 is 1.32 bits per heavy atom. The van der Waals surface area contributed by atoms with Crippen LogP contribution in [0.5, 0.6) is 0 Å². The minimum atomic E-state index is -0.0792. The monoisotopic (exact) mass is 333 g/mol. The summed E-state index contributed by atoms with van der Waals surface area (Å²) in [6.07, 6.45) is 1.18. The number of fused-ring (bicyclic) bond motifs is 1. The molecule has 126 valence electrons. The van der Waals surface area contributed by atoms with Gasteiger partial charge in [0.15, 0.2) is 0 Å². The Labute approximate surface area is 146 Å². The molecule has 0 aliphatic carbocycles. The van der Waals surface area contributed by atoms with E-state index in [2.05, 4.69) is 20.9 Å². The number of aryl methyl sites for hydroxylation is 1. The smallest absolute Gasteiger partial charge is 0.254 e. The van der Waals surface area contributed by atoms with E-state index < -0.39 is 0 Å². The molecular weight excluding hydrogens is 314 g/mol. The van der Waals surface area contributed by atoms with Crippen LogP contribution in [-0.2, 0) is 6.54 Å². The van der Waals surface area contributed by atoms with Crippen molar-refractivity contribution in [2.45, 2.75) is 32.9 Å². The van der Waals surface area contributed by atoms with Crippen LogP contribution >= 0.6 is 0 Å². The van der Waals surface area contributed by atoms with Gasteiger partial charge in [-0.1, -0.05) is 6.07 Å². The number of benzene rings is 1. The predicted molar refractivity (Wildman–Crippen MR) is 93.0 cm³/mol. The van der Waals surface area contributed by atoms with Crippen molar-refractivity contribution >= 4 is 11.7 Å². The van der Waals surface area contributed by atoms with E-state index in [1.165, 1.54) is 6.42 Å². The van der Waals surface area contributed by atoms with Gasteiger partial charge in [0.25, 0.3) is 5.91 Å². The first-order valence-corrected chi connectivity index (χ1v) is 8.52. The molecule has 4 rings (SSSR count). The molecule has 1 saturated heterocycles. The van der Waals surface area contributed by atoms with E-state index in [1.54, 1.807) is 24.3 Å². The summed E-state index contributed by atoms with van der Waals surface area (Å²) >= 11 is 0. The van der Waals surface area contributed by atoms with Crippen LogP contribution in [0.15, 0.2) is 24.3 Å². The second-order valence-corrected chi connectivity index (χ2v) is 6.60. The van der Waals surface area contributed by atoms with Crippen LogP contribution in [-0.4, -0.2) is 33.9 Å². The van der Waals surface area contributed by atoms with Gasteiger partial charge in [-0.15, -0.1) is 0 Å². The predicted octanol–water partition coefficient (Wildman–Crippen LogP) is 2.58. The summed E-state index contributed by atoms with van der Waals surface area (Å²) in [5.74, 6) is 1.64. The van der Waals surface area contributed by atoms with Crippen LogP contribution in [0, 0.1) is 18.3 Å². The number of carbonyl (C=O) groups excluding carboxylic acids is 1. The van der Waals surface area contributed by atoms with Gasteiger partial charge in [0.05, 0.1) is 29.9 Å². The first kappa shape index (κ1) is 15.6. The fourth-order valence-corrected chi connectivity index (χ4v) is 3.53. The van der Waals surface area contributed by atoms with Crippen molar-refractivity contribution in [3.05, 3.63) is 52.5 Å². The van der Waals surface area contributed by atoms with Gasteiger partial charge in [-0.3, -0.25) is 4.79 Å². The summed E-state index contributed by atoms with van der Waals surface area (Å²) in [5.41, 5.74) is 3.03. The lowest BCUT2D eigenvalue weighted by Crippen LogP contribution is -2.39. The number of rotatable bonds is 2. The third-order valence-electron chi connectivity index (χ3n) is 4.98. The Kier molecular flexibility index (Phi) is 3.65. The summed E-state index contributed by atoms with van der Waals surface area (Å²) in [6.45, 7) is 6.42. The average molecular weight is 333 g/mol. The summed E-state index contributed by atoms with van der Waals surface area (Å²) in [5, 5.41) is 9.07. The Morgan fingerprint density at radius 2 is 2.12 bits per heavy atom. The quantitative estimate of drug-likeness (QED) is 0.844. The van der Waals surface area contributed by atoms with Gasteiger partial charge in [-0.2, -0.15) is 5.26 Å². The van der Waals surface area contributed by atoms with E-state index in [0.29, 0.717) is 17.7 Å². The van der Waals surface area contributed by atoms with Gasteiger partial charge in [0, 0.05) is 24.2 Å². The molecule has 0 spiro atoms. The molecule has 2 aliphatic rings. The largest absolute Gasteiger partial charge is 0.356 e. The second kappa shape index (κ2) is 5.85. The summed E-state index contributed by atoms with van der Waals surface area (Å²) in [4.78, 5) is 26.3. The van der Waals surface area contributed by atoms with Crippen molar-refractivity contribution in [1.29, 1.82) is 5.26 Å². The molecule has 6 nitrogen and oxygen atoms in total. The van der Waals surface area contributed by atoms with Crippen molar-refractivity contribution in [2.24, 2.45) is 0 Å². The topological polar surface area (TPSA) is 73.1 Å². The molecule has 2 aromatic rings. The molecule has 0 saturated carbocycles. The van der Waals surface area contributed by atoms with Crippen LogP contribution < -0.4 is 4.90 Å². The van der Waals surface area contributed by atoms with Crippen molar-refractivity contribution in [2.75, 3.05) is 18.0 Å². The first-order chi connectivity index (χ1) is 12.1. The van der Waals surface area contributed by atoms with E-state index in [1.807, 2.05) is 18.7 Å². The average Bonchev–Trinajstić information content (AvgIpc) is 2.89. The number of anilines is 1.